The Hall–Kier alpha value is -3.15. The van der Waals surface area contributed by atoms with E-state index in [2.05, 4.69) is 5.32 Å². The standard InChI is InChI=1S/C21H23N3O3/c22-20(26)16-8-10-18(11-9-16)23-21(27)17-7-4-12-24(14-17)19(25)13-15-5-2-1-3-6-15/h1-3,5-6,8-11,17H,4,7,12-14H2,(H2,22,26)(H,23,27). The van der Waals surface area contributed by atoms with Crippen LogP contribution in [0.15, 0.2) is 54.6 Å². The highest BCUT2D eigenvalue weighted by Crippen LogP contribution is 2.20. The lowest BCUT2D eigenvalue weighted by atomic mass is 9.96. The molecule has 1 saturated heterocycles. The van der Waals surface area contributed by atoms with Gasteiger partial charge in [0.15, 0.2) is 0 Å². The number of amides is 3. The first kappa shape index (κ1) is 18.6. The van der Waals surface area contributed by atoms with Crippen LogP contribution in [0.25, 0.3) is 0 Å². The molecule has 6 nitrogen and oxygen atoms in total. The van der Waals surface area contributed by atoms with Gasteiger partial charge in [0.25, 0.3) is 0 Å². The van der Waals surface area contributed by atoms with Gasteiger partial charge in [0.2, 0.25) is 17.7 Å². The minimum absolute atomic E-state index is 0.0458. The fourth-order valence-electron chi connectivity index (χ4n) is 3.26. The molecule has 140 valence electrons. The van der Waals surface area contributed by atoms with E-state index in [1.807, 2.05) is 30.3 Å². The van der Waals surface area contributed by atoms with Crippen molar-refractivity contribution in [3.8, 4) is 0 Å². The molecule has 3 amide bonds. The first-order valence-electron chi connectivity index (χ1n) is 9.05. The average Bonchev–Trinajstić information content (AvgIpc) is 2.69. The van der Waals surface area contributed by atoms with Gasteiger partial charge in [-0.25, -0.2) is 0 Å². The Labute approximate surface area is 158 Å². The maximum Gasteiger partial charge on any atom is 0.248 e. The highest BCUT2D eigenvalue weighted by atomic mass is 16.2. The topological polar surface area (TPSA) is 92.5 Å². The largest absolute Gasteiger partial charge is 0.366 e. The molecule has 1 unspecified atom stereocenters. The van der Waals surface area contributed by atoms with Gasteiger partial charge in [-0.1, -0.05) is 30.3 Å². The lowest BCUT2D eigenvalue weighted by Gasteiger charge is -2.32. The molecular formula is C21H23N3O3. The summed E-state index contributed by atoms with van der Waals surface area (Å²) in [4.78, 5) is 38.0. The van der Waals surface area contributed by atoms with E-state index in [-0.39, 0.29) is 17.7 Å². The molecule has 0 spiro atoms. The van der Waals surface area contributed by atoms with Crippen LogP contribution < -0.4 is 11.1 Å². The molecule has 2 aromatic rings. The number of primary amides is 1. The molecule has 2 aromatic carbocycles. The zero-order chi connectivity index (χ0) is 19.2. The van der Waals surface area contributed by atoms with Gasteiger partial charge < -0.3 is 16.0 Å². The summed E-state index contributed by atoms with van der Waals surface area (Å²) in [6, 6.07) is 16.1. The van der Waals surface area contributed by atoms with Crippen LogP contribution in [-0.4, -0.2) is 35.7 Å². The zero-order valence-corrected chi connectivity index (χ0v) is 15.1. The van der Waals surface area contributed by atoms with Gasteiger partial charge in [0, 0.05) is 24.3 Å². The summed E-state index contributed by atoms with van der Waals surface area (Å²) in [5.74, 6) is -0.814. The van der Waals surface area contributed by atoms with Crippen molar-refractivity contribution >= 4 is 23.4 Å². The summed E-state index contributed by atoms with van der Waals surface area (Å²) in [5.41, 5.74) is 7.19. The van der Waals surface area contributed by atoms with Crippen molar-refractivity contribution in [2.24, 2.45) is 11.7 Å². The Bertz CT molecular complexity index is 818. The van der Waals surface area contributed by atoms with Crippen molar-refractivity contribution in [3.05, 3.63) is 65.7 Å². The van der Waals surface area contributed by atoms with Crippen molar-refractivity contribution in [2.45, 2.75) is 19.3 Å². The number of hydrogen-bond acceptors (Lipinski definition) is 3. The van der Waals surface area contributed by atoms with Gasteiger partial charge in [0.1, 0.15) is 0 Å². The number of hydrogen-bond donors (Lipinski definition) is 2. The maximum atomic E-state index is 12.6. The van der Waals surface area contributed by atoms with E-state index in [4.69, 9.17) is 5.73 Å². The van der Waals surface area contributed by atoms with E-state index in [0.29, 0.717) is 30.8 Å². The molecule has 1 aliphatic rings. The van der Waals surface area contributed by atoms with Crippen LogP contribution in [0, 0.1) is 5.92 Å². The Morgan fingerprint density at radius 3 is 2.41 bits per heavy atom. The Morgan fingerprint density at radius 1 is 1.04 bits per heavy atom. The van der Waals surface area contributed by atoms with Crippen molar-refractivity contribution in [1.29, 1.82) is 0 Å². The van der Waals surface area contributed by atoms with Crippen molar-refractivity contribution in [2.75, 3.05) is 18.4 Å². The van der Waals surface area contributed by atoms with Gasteiger partial charge >= 0.3 is 0 Å². The minimum Gasteiger partial charge on any atom is -0.366 e. The Balaban J connectivity index is 1.57. The molecule has 3 N–H and O–H groups in total. The second-order valence-electron chi connectivity index (χ2n) is 6.77. The predicted octanol–water partition coefficient (Wildman–Crippen LogP) is 2.21. The lowest BCUT2D eigenvalue weighted by Crippen LogP contribution is -2.44. The number of anilines is 1. The third kappa shape index (κ3) is 4.94. The molecule has 1 atom stereocenters. The number of benzene rings is 2. The normalized spacial score (nSPS) is 16.6. The van der Waals surface area contributed by atoms with Crippen molar-refractivity contribution < 1.29 is 14.4 Å². The predicted molar refractivity (Wildman–Crippen MR) is 103 cm³/mol. The molecule has 1 aliphatic heterocycles. The summed E-state index contributed by atoms with van der Waals surface area (Å²) < 4.78 is 0. The van der Waals surface area contributed by atoms with Crippen LogP contribution in [-0.2, 0) is 16.0 Å². The van der Waals surface area contributed by atoms with Crippen molar-refractivity contribution in [1.82, 2.24) is 4.90 Å². The summed E-state index contributed by atoms with van der Waals surface area (Å²) in [7, 11) is 0. The van der Waals surface area contributed by atoms with Crippen LogP contribution in [0.2, 0.25) is 0 Å². The Kier molecular flexibility index (Phi) is 5.86. The number of rotatable bonds is 5. The SMILES string of the molecule is NC(=O)c1ccc(NC(=O)C2CCCN(C(=O)Cc3ccccc3)C2)cc1. The van der Waals surface area contributed by atoms with Gasteiger partial charge in [-0.2, -0.15) is 0 Å². The number of carbonyl (C=O) groups excluding carboxylic acids is 3. The first-order valence-corrected chi connectivity index (χ1v) is 9.05. The molecular weight excluding hydrogens is 342 g/mol. The molecule has 0 radical (unpaired) electrons. The number of nitrogens with one attached hydrogen (secondary N) is 1. The van der Waals surface area contributed by atoms with Crippen LogP contribution in [0.3, 0.4) is 0 Å². The molecule has 0 aliphatic carbocycles. The molecule has 0 bridgehead atoms. The first-order chi connectivity index (χ1) is 13.0. The minimum atomic E-state index is -0.507. The van der Waals surface area contributed by atoms with E-state index < -0.39 is 5.91 Å². The second-order valence-corrected chi connectivity index (χ2v) is 6.77. The van der Waals surface area contributed by atoms with Crippen molar-refractivity contribution in [3.63, 3.8) is 0 Å². The van der Waals surface area contributed by atoms with Crippen LogP contribution >= 0.6 is 0 Å². The number of likely N-dealkylation sites (tertiary alicyclic amines) is 1. The molecule has 1 fully saturated rings. The average molecular weight is 365 g/mol. The monoisotopic (exact) mass is 365 g/mol. The third-order valence-corrected chi connectivity index (χ3v) is 4.78. The zero-order valence-electron chi connectivity index (χ0n) is 15.1. The van der Waals surface area contributed by atoms with Crippen LogP contribution in [0.5, 0.6) is 0 Å². The lowest BCUT2D eigenvalue weighted by molar-refractivity contribution is -0.133. The molecule has 6 heteroatoms. The smallest absolute Gasteiger partial charge is 0.248 e. The summed E-state index contributed by atoms with van der Waals surface area (Å²) >= 11 is 0. The summed E-state index contributed by atoms with van der Waals surface area (Å²) in [6.07, 6.45) is 1.91. The van der Waals surface area contributed by atoms with E-state index >= 15 is 0 Å². The Morgan fingerprint density at radius 2 is 1.74 bits per heavy atom. The third-order valence-electron chi connectivity index (χ3n) is 4.78. The van der Waals surface area contributed by atoms with Gasteiger partial charge in [0.05, 0.1) is 12.3 Å². The van der Waals surface area contributed by atoms with Crippen LogP contribution in [0.4, 0.5) is 5.69 Å². The van der Waals surface area contributed by atoms with E-state index in [0.717, 1.165) is 18.4 Å². The second kappa shape index (κ2) is 8.49. The molecule has 1 heterocycles. The summed E-state index contributed by atoms with van der Waals surface area (Å²) in [5, 5.41) is 2.86. The number of nitrogens with zero attached hydrogens (tertiary/aromatic N) is 1. The molecule has 0 aromatic heterocycles. The number of piperidine rings is 1. The summed E-state index contributed by atoms with van der Waals surface area (Å²) in [6.45, 7) is 1.11. The molecule has 0 saturated carbocycles. The quantitative estimate of drug-likeness (QED) is 0.851. The van der Waals surface area contributed by atoms with Gasteiger partial charge in [-0.05, 0) is 42.7 Å². The fourth-order valence-corrected chi connectivity index (χ4v) is 3.26. The number of nitrogens with two attached hydrogens (primary N) is 1. The van der Waals surface area contributed by atoms with Gasteiger partial charge in [-0.15, -0.1) is 0 Å². The maximum absolute atomic E-state index is 12.6. The molecule has 27 heavy (non-hydrogen) atoms. The van der Waals surface area contributed by atoms with E-state index in [9.17, 15) is 14.4 Å². The van der Waals surface area contributed by atoms with Crippen LogP contribution in [0.1, 0.15) is 28.8 Å². The highest BCUT2D eigenvalue weighted by Gasteiger charge is 2.28. The van der Waals surface area contributed by atoms with E-state index in [1.165, 1.54) is 0 Å². The highest BCUT2D eigenvalue weighted by molar-refractivity contribution is 5.95. The fraction of sp³-hybridized carbons (Fsp3) is 0.286. The number of carbonyl (C=O) groups is 3. The molecule has 3 rings (SSSR count). The van der Waals surface area contributed by atoms with Gasteiger partial charge in [-0.3, -0.25) is 14.4 Å². The van der Waals surface area contributed by atoms with E-state index in [1.54, 1.807) is 29.2 Å².